The molecule has 0 bridgehead atoms. The number of hydrogen-bond acceptors (Lipinski definition) is 1. The van der Waals surface area contributed by atoms with Crippen LogP contribution >= 0.6 is 12.4 Å². The summed E-state index contributed by atoms with van der Waals surface area (Å²) >= 11 is 0. The van der Waals surface area contributed by atoms with E-state index in [0.29, 0.717) is 5.92 Å². The largest absolute Gasteiger partial charge is 0.309 e. The molecule has 0 N–H and O–H groups in total. The maximum absolute atomic E-state index is 2.27. The topological polar surface area (TPSA) is 3.24 Å². The maximum Gasteiger partial charge on any atom is -0.00217 e. The molecule has 1 nitrogen and oxygen atoms in total. The van der Waals surface area contributed by atoms with E-state index in [2.05, 4.69) is 57.1 Å². The van der Waals surface area contributed by atoms with Crippen LogP contribution in [0.4, 0.5) is 0 Å². The highest BCUT2D eigenvalue weighted by atomic mass is 35.5. The fourth-order valence-electron chi connectivity index (χ4n) is 1.67. The minimum Gasteiger partial charge on any atom is -0.309 e. The smallest absolute Gasteiger partial charge is 0.00217 e. The second-order valence-corrected chi connectivity index (χ2v) is 4.80. The van der Waals surface area contributed by atoms with E-state index >= 15 is 0 Å². The fraction of sp³-hybridized carbons (Fsp3) is 0.571. The molecule has 1 aromatic carbocycles. The summed E-state index contributed by atoms with van der Waals surface area (Å²) in [4.78, 5) is 2.24. The first-order valence-corrected chi connectivity index (χ1v) is 5.83. The van der Waals surface area contributed by atoms with Crippen molar-refractivity contribution in [3.8, 4) is 0 Å². The van der Waals surface area contributed by atoms with Gasteiger partial charge >= 0.3 is 0 Å². The normalized spacial score (nSPS) is 10.6. The quantitative estimate of drug-likeness (QED) is 0.760. The van der Waals surface area contributed by atoms with E-state index in [-0.39, 0.29) is 12.4 Å². The van der Waals surface area contributed by atoms with Gasteiger partial charge in [0.2, 0.25) is 0 Å². The third-order valence-electron chi connectivity index (χ3n) is 2.72. The zero-order valence-corrected chi connectivity index (χ0v) is 11.7. The van der Waals surface area contributed by atoms with E-state index in [9.17, 15) is 0 Å². The lowest BCUT2D eigenvalue weighted by Gasteiger charge is -2.10. The van der Waals surface area contributed by atoms with Crippen molar-refractivity contribution < 1.29 is 0 Å². The SMILES string of the molecule is CC(C)c1ccc(CCCN(C)C)cc1.Cl. The summed E-state index contributed by atoms with van der Waals surface area (Å²) in [5.41, 5.74) is 2.90. The van der Waals surface area contributed by atoms with Crippen LogP contribution in [0.3, 0.4) is 0 Å². The molecule has 0 aliphatic heterocycles. The van der Waals surface area contributed by atoms with Crippen LogP contribution in [0.1, 0.15) is 37.3 Å². The van der Waals surface area contributed by atoms with Gasteiger partial charge < -0.3 is 4.90 Å². The number of benzene rings is 1. The monoisotopic (exact) mass is 241 g/mol. The second kappa shape index (κ2) is 7.70. The fourth-order valence-corrected chi connectivity index (χ4v) is 1.67. The molecule has 0 aliphatic carbocycles. The van der Waals surface area contributed by atoms with E-state index in [1.807, 2.05) is 0 Å². The lowest BCUT2D eigenvalue weighted by atomic mass is 10.0. The van der Waals surface area contributed by atoms with Crippen LogP contribution in [0.2, 0.25) is 0 Å². The molecule has 0 unspecified atom stereocenters. The Morgan fingerprint density at radius 1 is 1.06 bits per heavy atom. The number of halogens is 1. The van der Waals surface area contributed by atoms with Gasteiger partial charge in [0, 0.05) is 0 Å². The van der Waals surface area contributed by atoms with Gasteiger partial charge in [0.05, 0.1) is 0 Å². The highest BCUT2D eigenvalue weighted by Crippen LogP contribution is 2.15. The predicted molar refractivity (Wildman–Crippen MR) is 74.7 cm³/mol. The molecule has 0 heterocycles. The lowest BCUT2D eigenvalue weighted by molar-refractivity contribution is 0.400. The van der Waals surface area contributed by atoms with Crippen molar-refractivity contribution >= 4 is 12.4 Å². The minimum absolute atomic E-state index is 0. The zero-order valence-electron chi connectivity index (χ0n) is 10.9. The Morgan fingerprint density at radius 2 is 1.62 bits per heavy atom. The Bertz CT molecular complexity index is 277. The molecule has 92 valence electrons. The summed E-state index contributed by atoms with van der Waals surface area (Å²) in [5.74, 6) is 0.640. The second-order valence-electron chi connectivity index (χ2n) is 4.80. The summed E-state index contributed by atoms with van der Waals surface area (Å²) in [7, 11) is 4.25. The van der Waals surface area contributed by atoms with Gasteiger partial charge in [-0.1, -0.05) is 38.1 Å². The minimum atomic E-state index is 0. The van der Waals surface area contributed by atoms with Crippen LogP contribution in [0, 0.1) is 0 Å². The summed E-state index contributed by atoms with van der Waals surface area (Å²) in [6, 6.07) is 9.06. The summed E-state index contributed by atoms with van der Waals surface area (Å²) in [6.45, 7) is 5.65. The molecule has 0 saturated heterocycles. The van der Waals surface area contributed by atoms with Crippen LogP contribution < -0.4 is 0 Å². The molecule has 0 aromatic heterocycles. The van der Waals surface area contributed by atoms with Crippen LogP contribution in [-0.2, 0) is 6.42 Å². The standard InChI is InChI=1S/C14H23N.ClH/c1-12(2)14-9-7-13(8-10-14)6-5-11-15(3)4;/h7-10,12H,5-6,11H2,1-4H3;1H. The number of nitrogens with zero attached hydrogens (tertiary/aromatic N) is 1. The molecular weight excluding hydrogens is 218 g/mol. The molecule has 0 aliphatic rings. The first-order valence-electron chi connectivity index (χ1n) is 5.83. The first-order chi connectivity index (χ1) is 7.09. The first kappa shape index (κ1) is 15.5. The summed E-state index contributed by atoms with van der Waals surface area (Å²) in [5, 5.41) is 0. The molecule has 0 fully saturated rings. The van der Waals surface area contributed by atoms with Gasteiger partial charge in [0.25, 0.3) is 0 Å². The average Bonchev–Trinajstić information content (AvgIpc) is 2.18. The third kappa shape index (κ3) is 5.53. The Morgan fingerprint density at radius 3 is 2.06 bits per heavy atom. The molecule has 1 aromatic rings. The van der Waals surface area contributed by atoms with Crippen LogP contribution in [0.25, 0.3) is 0 Å². The molecular formula is C14H24ClN. The van der Waals surface area contributed by atoms with Gasteiger partial charge in [-0.3, -0.25) is 0 Å². The summed E-state index contributed by atoms with van der Waals surface area (Å²) < 4.78 is 0. The van der Waals surface area contributed by atoms with Crippen molar-refractivity contribution in [2.24, 2.45) is 0 Å². The van der Waals surface area contributed by atoms with E-state index in [4.69, 9.17) is 0 Å². The Hall–Kier alpha value is -0.530. The van der Waals surface area contributed by atoms with Crippen molar-refractivity contribution in [1.82, 2.24) is 4.90 Å². The predicted octanol–water partition coefficient (Wildman–Crippen LogP) is 3.73. The molecule has 0 atom stereocenters. The molecule has 16 heavy (non-hydrogen) atoms. The average molecular weight is 242 g/mol. The van der Waals surface area contributed by atoms with Gasteiger partial charge in [-0.15, -0.1) is 12.4 Å². The molecule has 0 spiro atoms. The van der Waals surface area contributed by atoms with Crippen molar-refractivity contribution in [2.75, 3.05) is 20.6 Å². The highest BCUT2D eigenvalue weighted by molar-refractivity contribution is 5.85. The van der Waals surface area contributed by atoms with Crippen molar-refractivity contribution in [1.29, 1.82) is 0 Å². The van der Waals surface area contributed by atoms with Crippen LogP contribution in [-0.4, -0.2) is 25.5 Å². The third-order valence-corrected chi connectivity index (χ3v) is 2.72. The molecule has 0 amide bonds. The number of rotatable bonds is 5. The van der Waals surface area contributed by atoms with Crippen LogP contribution in [0.5, 0.6) is 0 Å². The molecule has 1 rings (SSSR count). The summed E-state index contributed by atoms with van der Waals surface area (Å²) in [6.07, 6.45) is 2.44. The number of hydrogen-bond donors (Lipinski definition) is 0. The number of aryl methyl sites for hydroxylation is 1. The Balaban J connectivity index is 0.00000225. The Kier molecular flexibility index (Phi) is 7.44. The van der Waals surface area contributed by atoms with Gasteiger partial charge in [0.1, 0.15) is 0 Å². The van der Waals surface area contributed by atoms with Gasteiger partial charge in [-0.2, -0.15) is 0 Å². The van der Waals surface area contributed by atoms with E-state index < -0.39 is 0 Å². The highest BCUT2D eigenvalue weighted by Gasteiger charge is 1.99. The molecule has 0 radical (unpaired) electrons. The maximum atomic E-state index is 2.27. The zero-order chi connectivity index (χ0) is 11.3. The van der Waals surface area contributed by atoms with Gasteiger partial charge in [-0.25, -0.2) is 0 Å². The van der Waals surface area contributed by atoms with Crippen molar-refractivity contribution in [3.63, 3.8) is 0 Å². The van der Waals surface area contributed by atoms with Crippen molar-refractivity contribution in [3.05, 3.63) is 35.4 Å². The van der Waals surface area contributed by atoms with E-state index in [1.54, 1.807) is 0 Å². The lowest BCUT2D eigenvalue weighted by Crippen LogP contribution is -2.13. The van der Waals surface area contributed by atoms with Crippen LogP contribution in [0.15, 0.2) is 24.3 Å². The van der Waals surface area contributed by atoms with E-state index in [0.717, 1.165) is 0 Å². The van der Waals surface area contributed by atoms with Gasteiger partial charge in [0.15, 0.2) is 0 Å². The Labute approximate surface area is 106 Å². The molecule has 0 saturated carbocycles. The molecule has 2 heteroatoms. The van der Waals surface area contributed by atoms with Crippen molar-refractivity contribution in [2.45, 2.75) is 32.6 Å². The van der Waals surface area contributed by atoms with E-state index in [1.165, 1.54) is 30.5 Å². The van der Waals surface area contributed by atoms with Gasteiger partial charge in [-0.05, 0) is 50.5 Å².